The van der Waals surface area contributed by atoms with Crippen LogP contribution >= 0.6 is 11.3 Å². The highest BCUT2D eigenvalue weighted by molar-refractivity contribution is 7.13. The Hall–Kier alpha value is -2.21. The number of benzene rings is 1. The van der Waals surface area contributed by atoms with Crippen LogP contribution in [0.15, 0.2) is 36.0 Å². The number of rotatable bonds is 6. The van der Waals surface area contributed by atoms with Crippen LogP contribution in [0.4, 0.5) is 0 Å². The molecule has 31 heavy (non-hydrogen) atoms. The minimum atomic E-state index is -0.380. The van der Waals surface area contributed by atoms with E-state index in [-0.39, 0.29) is 41.1 Å². The summed E-state index contributed by atoms with van der Waals surface area (Å²) >= 11 is 1.61. The van der Waals surface area contributed by atoms with E-state index < -0.39 is 0 Å². The van der Waals surface area contributed by atoms with Gasteiger partial charge >= 0.3 is 0 Å². The second-order valence-corrected chi connectivity index (χ2v) is 10.9. The molecular weight excluding hydrogens is 406 g/mol. The maximum absolute atomic E-state index is 13.4. The summed E-state index contributed by atoms with van der Waals surface area (Å²) in [6.45, 7) is 13.2. The first kappa shape index (κ1) is 23.5. The van der Waals surface area contributed by atoms with Crippen molar-refractivity contribution in [3.8, 4) is 10.4 Å². The van der Waals surface area contributed by atoms with Gasteiger partial charge in [0.1, 0.15) is 6.04 Å². The molecule has 1 aliphatic rings. The van der Waals surface area contributed by atoms with Crippen LogP contribution in [0.3, 0.4) is 0 Å². The topological polar surface area (TPSA) is 62.3 Å². The second-order valence-electron chi connectivity index (χ2n) is 10.00. The van der Waals surface area contributed by atoms with E-state index in [0.717, 1.165) is 28.8 Å². The summed E-state index contributed by atoms with van der Waals surface area (Å²) in [5.41, 5.74) is 3.86. The van der Waals surface area contributed by atoms with Crippen molar-refractivity contribution in [2.45, 2.75) is 66.5 Å². The molecule has 1 saturated heterocycles. The SMILES string of the molecule is CC(C)[C@H](C(=O)N1CCC[C@H]1C(=O)N[C@@H](C)c1ccc(-c2cncs2)cc1)C(C)(C)C. The van der Waals surface area contributed by atoms with E-state index in [0.29, 0.717) is 6.54 Å². The summed E-state index contributed by atoms with van der Waals surface area (Å²) in [5, 5.41) is 3.14. The maximum Gasteiger partial charge on any atom is 0.243 e. The first-order valence-electron chi connectivity index (χ1n) is 11.2. The van der Waals surface area contributed by atoms with E-state index in [1.54, 1.807) is 11.3 Å². The molecule has 1 aliphatic heterocycles. The van der Waals surface area contributed by atoms with Gasteiger partial charge in [-0.3, -0.25) is 14.6 Å². The number of carbonyl (C=O) groups is 2. The fourth-order valence-electron chi connectivity index (χ4n) is 4.82. The van der Waals surface area contributed by atoms with Gasteiger partial charge in [0.05, 0.1) is 16.4 Å². The Labute approximate surface area is 190 Å². The van der Waals surface area contributed by atoms with Gasteiger partial charge in [-0.25, -0.2) is 0 Å². The van der Waals surface area contributed by atoms with Crippen LogP contribution in [-0.2, 0) is 9.59 Å². The molecule has 0 bridgehead atoms. The summed E-state index contributed by atoms with van der Waals surface area (Å²) in [6, 6.07) is 7.72. The summed E-state index contributed by atoms with van der Waals surface area (Å²) < 4.78 is 0. The molecule has 168 valence electrons. The molecule has 1 fully saturated rings. The highest BCUT2D eigenvalue weighted by atomic mass is 32.1. The number of likely N-dealkylation sites (tertiary alicyclic amines) is 1. The minimum Gasteiger partial charge on any atom is -0.348 e. The minimum absolute atomic E-state index is 0.0544. The van der Waals surface area contributed by atoms with Crippen molar-refractivity contribution in [2.24, 2.45) is 17.3 Å². The Bertz CT molecular complexity index is 884. The first-order chi connectivity index (χ1) is 14.6. The summed E-state index contributed by atoms with van der Waals surface area (Å²) in [5.74, 6) is 0.188. The van der Waals surface area contributed by atoms with Gasteiger partial charge in [0.15, 0.2) is 0 Å². The first-order valence-corrected chi connectivity index (χ1v) is 12.1. The van der Waals surface area contributed by atoms with Crippen molar-refractivity contribution in [3.63, 3.8) is 0 Å². The molecule has 3 rings (SSSR count). The highest BCUT2D eigenvalue weighted by Gasteiger charge is 2.42. The average Bonchev–Trinajstić information content (AvgIpc) is 3.38. The Kier molecular flexibility index (Phi) is 7.20. The van der Waals surface area contributed by atoms with Gasteiger partial charge in [-0.1, -0.05) is 58.9 Å². The predicted molar refractivity (Wildman–Crippen MR) is 127 cm³/mol. The molecule has 0 unspecified atom stereocenters. The summed E-state index contributed by atoms with van der Waals surface area (Å²) in [4.78, 5) is 33.6. The summed E-state index contributed by atoms with van der Waals surface area (Å²) in [6.07, 6.45) is 3.46. The van der Waals surface area contributed by atoms with E-state index in [2.05, 4.69) is 57.1 Å². The van der Waals surface area contributed by atoms with Crippen molar-refractivity contribution in [1.29, 1.82) is 0 Å². The lowest BCUT2D eigenvalue weighted by Gasteiger charge is -2.37. The molecule has 1 N–H and O–H groups in total. The van der Waals surface area contributed by atoms with Crippen molar-refractivity contribution in [3.05, 3.63) is 41.5 Å². The van der Waals surface area contributed by atoms with Gasteiger partial charge in [0.2, 0.25) is 11.8 Å². The van der Waals surface area contributed by atoms with Gasteiger partial charge in [-0.2, -0.15) is 0 Å². The number of hydrogen-bond acceptors (Lipinski definition) is 4. The number of hydrogen-bond donors (Lipinski definition) is 1. The number of amides is 2. The molecule has 6 heteroatoms. The van der Waals surface area contributed by atoms with E-state index in [9.17, 15) is 9.59 Å². The Morgan fingerprint density at radius 2 is 1.84 bits per heavy atom. The third kappa shape index (κ3) is 5.35. The third-order valence-corrected chi connectivity index (χ3v) is 7.01. The van der Waals surface area contributed by atoms with Crippen LogP contribution in [0, 0.1) is 17.3 Å². The lowest BCUT2D eigenvalue weighted by atomic mass is 9.73. The molecule has 2 aromatic rings. The quantitative estimate of drug-likeness (QED) is 0.662. The largest absolute Gasteiger partial charge is 0.348 e. The van der Waals surface area contributed by atoms with E-state index in [4.69, 9.17) is 0 Å². The van der Waals surface area contributed by atoms with Gasteiger partial charge in [0, 0.05) is 18.7 Å². The van der Waals surface area contributed by atoms with Gasteiger partial charge in [-0.15, -0.1) is 11.3 Å². The van der Waals surface area contributed by atoms with Crippen LogP contribution in [0.2, 0.25) is 0 Å². The molecule has 1 aromatic carbocycles. The average molecular weight is 442 g/mol. The maximum atomic E-state index is 13.4. The molecule has 0 spiro atoms. The monoisotopic (exact) mass is 441 g/mol. The zero-order valence-electron chi connectivity index (χ0n) is 19.5. The molecule has 5 nitrogen and oxygen atoms in total. The molecule has 2 heterocycles. The van der Waals surface area contributed by atoms with Crippen LogP contribution in [-0.4, -0.2) is 34.3 Å². The molecule has 0 radical (unpaired) electrons. The third-order valence-electron chi connectivity index (χ3n) is 6.19. The molecular formula is C25H35N3O2S. The Balaban J connectivity index is 1.68. The molecule has 3 atom stereocenters. The highest BCUT2D eigenvalue weighted by Crippen LogP contribution is 2.35. The van der Waals surface area contributed by atoms with E-state index in [1.165, 1.54) is 0 Å². The lowest BCUT2D eigenvalue weighted by Crippen LogP contribution is -2.51. The molecule has 0 saturated carbocycles. The summed E-state index contributed by atoms with van der Waals surface area (Å²) in [7, 11) is 0. The molecule has 0 aliphatic carbocycles. The predicted octanol–water partition coefficient (Wildman–Crippen LogP) is 5.30. The van der Waals surface area contributed by atoms with E-state index >= 15 is 0 Å². The standard InChI is InChI=1S/C25H35N3O2S/c1-16(2)22(25(4,5)6)24(30)28-13-7-8-20(28)23(29)27-17(3)18-9-11-19(12-10-18)21-14-26-15-31-21/h9-12,14-17,20,22H,7-8,13H2,1-6H3,(H,27,29)/t17-,20-,22+/m0/s1. The van der Waals surface area contributed by atoms with Crippen LogP contribution in [0.5, 0.6) is 0 Å². The number of carbonyl (C=O) groups excluding carboxylic acids is 2. The fourth-order valence-corrected chi connectivity index (χ4v) is 5.45. The van der Waals surface area contributed by atoms with Crippen LogP contribution < -0.4 is 5.32 Å². The Morgan fingerprint density at radius 1 is 1.16 bits per heavy atom. The lowest BCUT2D eigenvalue weighted by molar-refractivity contribution is -0.146. The molecule has 1 aromatic heterocycles. The van der Waals surface area contributed by atoms with Gasteiger partial charge < -0.3 is 10.2 Å². The zero-order chi connectivity index (χ0) is 22.8. The van der Waals surface area contributed by atoms with Crippen molar-refractivity contribution >= 4 is 23.2 Å². The van der Waals surface area contributed by atoms with Gasteiger partial charge in [-0.05, 0) is 42.2 Å². The van der Waals surface area contributed by atoms with Crippen molar-refractivity contribution in [2.75, 3.05) is 6.54 Å². The van der Waals surface area contributed by atoms with Gasteiger partial charge in [0.25, 0.3) is 0 Å². The van der Waals surface area contributed by atoms with Crippen LogP contribution in [0.25, 0.3) is 10.4 Å². The van der Waals surface area contributed by atoms with Crippen molar-refractivity contribution in [1.82, 2.24) is 15.2 Å². The smallest absolute Gasteiger partial charge is 0.243 e. The Morgan fingerprint density at radius 3 is 2.39 bits per heavy atom. The van der Waals surface area contributed by atoms with E-state index in [1.807, 2.05) is 35.7 Å². The second kappa shape index (κ2) is 9.51. The number of aromatic nitrogens is 1. The fraction of sp³-hybridized carbons (Fsp3) is 0.560. The molecule has 2 amide bonds. The van der Waals surface area contributed by atoms with Crippen molar-refractivity contribution < 1.29 is 9.59 Å². The van der Waals surface area contributed by atoms with Crippen LogP contribution in [0.1, 0.15) is 66.0 Å². The number of nitrogens with one attached hydrogen (secondary N) is 1. The normalized spacial score (nSPS) is 18.8. The number of thiazole rings is 1. The number of nitrogens with zero attached hydrogens (tertiary/aromatic N) is 2. The zero-order valence-corrected chi connectivity index (χ0v) is 20.3.